The van der Waals surface area contributed by atoms with Crippen LogP contribution in [-0.4, -0.2) is 57.7 Å². The Morgan fingerprint density at radius 3 is 2.76 bits per heavy atom. The van der Waals surface area contributed by atoms with E-state index in [-0.39, 0.29) is 11.3 Å². The van der Waals surface area contributed by atoms with Gasteiger partial charge in [-0.05, 0) is 43.0 Å². The molecule has 170 valence electrons. The highest BCUT2D eigenvalue weighted by molar-refractivity contribution is 5.88. The fourth-order valence-corrected chi connectivity index (χ4v) is 4.67. The van der Waals surface area contributed by atoms with Crippen molar-refractivity contribution in [2.24, 2.45) is 0 Å². The lowest BCUT2D eigenvalue weighted by atomic mass is 9.75. The van der Waals surface area contributed by atoms with Crippen LogP contribution in [0.3, 0.4) is 0 Å². The van der Waals surface area contributed by atoms with Crippen LogP contribution in [0.1, 0.15) is 30.7 Å². The Morgan fingerprint density at radius 2 is 1.97 bits per heavy atom. The number of rotatable bonds is 7. The van der Waals surface area contributed by atoms with Crippen molar-refractivity contribution in [1.29, 1.82) is 0 Å². The maximum Gasteiger partial charge on any atom is 0.258 e. The molecule has 3 aromatic heterocycles. The standard InChI is InChI=1S/C25H27N5O3/c1-32-15-10-25(24-28-23(33-29-24)18-6-11-26-12-7-18)8-13-30(14-9-25)22(31)16-19-17-27-21-5-3-2-4-20(19)21/h2-7,11-12,17,27H,8-10,13-16H2,1H3. The normalized spacial score (nSPS) is 15.7. The molecule has 0 spiro atoms. The van der Waals surface area contributed by atoms with Crippen LogP contribution in [-0.2, 0) is 21.4 Å². The molecule has 1 N–H and O–H groups in total. The molecule has 5 rings (SSSR count). The van der Waals surface area contributed by atoms with Crippen molar-refractivity contribution < 1.29 is 14.1 Å². The number of hydrogen-bond acceptors (Lipinski definition) is 6. The number of piperidine rings is 1. The minimum atomic E-state index is -0.275. The largest absolute Gasteiger partial charge is 0.385 e. The van der Waals surface area contributed by atoms with E-state index in [0.717, 1.165) is 41.3 Å². The molecular formula is C25H27N5O3. The fourth-order valence-electron chi connectivity index (χ4n) is 4.67. The predicted octanol–water partition coefficient (Wildman–Crippen LogP) is 3.75. The molecule has 0 bridgehead atoms. The van der Waals surface area contributed by atoms with E-state index in [1.807, 2.05) is 41.4 Å². The van der Waals surface area contributed by atoms with Gasteiger partial charge >= 0.3 is 0 Å². The first kappa shape index (κ1) is 21.3. The van der Waals surface area contributed by atoms with Gasteiger partial charge in [0.25, 0.3) is 5.89 Å². The lowest BCUT2D eigenvalue weighted by molar-refractivity contribution is -0.132. The van der Waals surface area contributed by atoms with E-state index in [4.69, 9.17) is 14.2 Å². The molecule has 0 saturated carbocycles. The summed E-state index contributed by atoms with van der Waals surface area (Å²) < 4.78 is 11.0. The second kappa shape index (κ2) is 9.15. The van der Waals surface area contributed by atoms with Gasteiger partial charge in [0, 0.05) is 67.3 Å². The SMILES string of the molecule is COCCC1(c2noc(-c3ccncc3)n2)CCN(C(=O)Cc2c[nH]c3ccccc23)CC1. The van der Waals surface area contributed by atoms with E-state index in [2.05, 4.69) is 21.2 Å². The number of amides is 1. The molecule has 1 amide bonds. The summed E-state index contributed by atoms with van der Waals surface area (Å²) in [6.07, 6.45) is 8.06. The number of ether oxygens (including phenoxy) is 1. The molecular weight excluding hydrogens is 418 g/mol. The van der Waals surface area contributed by atoms with Crippen molar-refractivity contribution in [2.45, 2.75) is 31.1 Å². The third kappa shape index (κ3) is 4.26. The summed E-state index contributed by atoms with van der Waals surface area (Å²) in [5.74, 6) is 1.32. The molecule has 1 saturated heterocycles. The Bertz CT molecular complexity index is 1230. The minimum absolute atomic E-state index is 0.144. The van der Waals surface area contributed by atoms with Crippen molar-refractivity contribution in [1.82, 2.24) is 25.0 Å². The second-order valence-electron chi connectivity index (χ2n) is 8.60. The van der Waals surface area contributed by atoms with Gasteiger partial charge in [0.05, 0.1) is 6.42 Å². The molecule has 0 unspecified atom stereocenters. The van der Waals surface area contributed by atoms with Crippen LogP contribution in [0.2, 0.25) is 0 Å². The molecule has 1 aliphatic rings. The molecule has 33 heavy (non-hydrogen) atoms. The van der Waals surface area contributed by atoms with Gasteiger partial charge in [-0.1, -0.05) is 23.4 Å². The van der Waals surface area contributed by atoms with E-state index in [9.17, 15) is 4.79 Å². The predicted molar refractivity (Wildman–Crippen MR) is 124 cm³/mol. The number of aromatic amines is 1. The molecule has 1 aliphatic heterocycles. The molecule has 0 radical (unpaired) electrons. The van der Waals surface area contributed by atoms with E-state index in [1.165, 1.54) is 0 Å². The number of methoxy groups -OCH3 is 1. The number of carbonyl (C=O) groups excluding carboxylic acids is 1. The number of benzene rings is 1. The summed E-state index contributed by atoms with van der Waals surface area (Å²) in [5, 5.41) is 5.44. The number of hydrogen-bond donors (Lipinski definition) is 1. The highest BCUT2D eigenvalue weighted by atomic mass is 16.5. The Hall–Kier alpha value is -3.52. The second-order valence-corrected chi connectivity index (χ2v) is 8.60. The third-order valence-corrected chi connectivity index (χ3v) is 6.70. The Balaban J connectivity index is 1.30. The van der Waals surface area contributed by atoms with Crippen molar-refractivity contribution >= 4 is 16.8 Å². The molecule has 0 atom stereocenters. The van der Waals surface area contributed by atoms with Crippen LogP contribution in [0.5, 0.6) is 0 Å². The van der Waals surface area contributed by atoms with E-state index >= 15 is 0 Å². The molecule has 0 aliphatic carbocycles. The van der Waals surface area contributed by atoms with Gasteiger partial charge in [-0.3, -0.25) is 9.78 Å². The van der Waals surface area contributed by atoms with Crippen LogP contribution in [0.25, 0.3) is 22.4 Å². The molecule has 4 aromatic rings. The number of carbonyl (C=O) groups is 1. The molecule has 1 aromatic carbocycles. The zero-order valence-electron chi connectivity index (χ0n) is 18.7. The number of aromatic nitrogens is 4. The van der Waals surface area contributed by atoms with Gasteiger partial charge < -0.3 is 19.1 Å². The molecule has 8 nitrogen and oxygen atoms in total. The van der Waals surface area contributed by atoms with Crippen molar-refractivity contribution in [3.63, 3.8) is 0 Å². The summed E-state index contributed by atoms with van der Waals surface area (Å²) in [6.45, 7) is 1.91. The van der Waals surface area contributed by atoms with Gasteiger partial charge in [-0.15, -0.1) is 0 Å². The minimum Gasteiger partial charge on any atom is -0.385 e. The van der Waals surface area contributed by atoms with Crippen LogP contribution in [0.15, 0.2) is 59.5 Å². The number of fused-ring (bicyclic) bond motifs is 1. The van der Waals surface area contributed by atoms with Crippen molar-refractivity contribution in [3.8, 4) is 11.5 Å². The summed E-state index contributed by atoms with van der Waals surface area (Å²) in [4.78, 5) is 27.1. The monoisotopic (exact) mass is 445 g/mol. The number of likely N-dealkylation sites (tertiary alicyclic amines) is 1. The van der Waals surface area contributed by atoms with Gasteiger partial charge in [0.1, 0.15) is 0 Å². The summed E-state index contributed by atoms with van der Waals surface area (Å²) in [5.41, 5.74) is 2.66. The van der Waals surface area contributed by atoms with E-state index < -0.39 is 0 Å². The summed E-state index contributed by atoms with van der Waals surface area (Å²) in [7, 11) is 1.70. The highest BCUT2D eigenvalue weighted by Crippen LogP contribution is 2.38. The van der Waals surface area contributed by atoms with Gasteiger partial charge in [0.2, 0.25) is 5.91 Å². The van der Waals surface area contributed by atoms with E-state index in [1.54, 1.807) is 19.5 Å². The summed E-state index contributed by atoms with van der Waals surface area (Å²) >= 11 is 0. The first-order chi connectivity index (χ1) is 16.2. The van der Waals surface area contributed by atoms with Crippen LogP contribution in [0.4, 0.5) is 0 Å². The maximum atomic E-state index is 13.1. The van der Waals surface area contributed by atoms with Gasteiger partial charge in [-0.25, -0.2) is 0 Å². The third-order valence-electron chi connectivity index (χ3n) is 6.70. The van der Waals surface area contributed by atoms with Crippen LogP contribution in [0, 0.1) is 0 Å². The lowest BCUT2D eigenvalue weighted by Gasteiger charge is -2.39. The molecule has 4 heterocycles. The van der Waals surface area contributed by atoms with Crippen molar-refractivity contribution in [2.75, 3.05) is 26.8 Å². The quantitative estimate of drug-likeness (QED) is 0.465. The molecule has 1 fully saturated rings. The average Bonchev–Trinajstić information content (AvgIpc) is 3.52. The summed E-state index contributed by atoms with van der Waals surface area (Å²) in [6, 6.07) is 11.8. The zero-order valence-corrected chi connectivity index (χ0v) is 18.7. The topological polar surface area (TPSA) is 97.1 Å². The number of para-hydroxylation sites is 1. The first-order valence-electron chi connectivity index (χ1n) is 11.2. The number of nitrogens with one attached hydrogen (secondary N) is 1. The lowest BCUT2D eigenvalue weighted by Crippen LogP contribution is -2.46. The number of nitrogens with zero attached hydrogens (tertiary/aromatic N) is 4. The Kier molecular flexibility index (Phi) is 5.92. The number of H-pyrrole nitrogens is 1. The molecule has 8 heteroatoms. The van der Waals surface area contributed by atoms with Gasteiger partial charge in [-0.2, -0.15) is 4.98 Å². The first-order valence-corrected chi connectivity index (χ1v) is 11.2. The Labute approximate surface area is 192 Å². The van der Waals surface area contributed by atoms with Gasteiger partial charge in [0.15, 0.2) is 5.82 Å². The maximum absolute atomic E-state index is 13.1. The van der Waals surface area contributed by atoms with E-state index in [0.29, 0.717) is 37.8 Å². The average molecular weight is 446 g/mol. The highest BCUT2D eigenvalue weighted by Gasteiger charge is 2.41. The zero-order chi connectivity index (χ0) is 22.7. The van der Waals surface area contributed by atoms with Crippen LogP contribution < -0.4 is 0 Å². The fraction of sp³-hybridized carbons (Fsp3) is 0.360. The number of pyridine rings is 1. The smallest absolute Gasteiger partial charge is 0.258 e. The Morgan fingerprint density at radius 1 is 1.18 bits per heavy atom. The van der Waals surface area contributed by atoms with Crippen LogP contribution >= 0.6 is 0 Å². The van der Waals surface area contributed by atoms with Crippen molar-refractivity contribution in [3.05, 3.63) is 66.4 Å².